The third-order valence-corrected chi connectivity index (χ3v) is 2.59. The fourth-order valence-corrected chi connectivity index (χ4v) is 1.29. The maximum atomic E-state index is 11.0. The van der Waals surface area contributed by atoms with E-state index >= 15 is 0 Å². The molecule has 72 valence electrons. The molecule has 0 aromatic heterocycles. The van der Waals surface area contributed by atoms with Crippen LogP contribution < -0.4 is 0 Å². The largest absolute Gasteiger partial charge is 0.298 e. The summed E-state index contributed by atoms with van der Waals surface area (Å²) in [4.78, 5) is 11.0. The van der Waals surface area contributed by atoms with E-state index in [-0.39, 0.29) is 5.78 Å². The Morgan fingerprint density at radius 3 is 2.71 bits per heavy atom. The van der Waals surface area contributed by atoms with E-state index < -0.39 is 5.38 Å². The molecule has 1 aromatic carbocycles. The van der Waals surface area contributed by atoms with Crippen molar-refractivity contribution >= 4 is 17.4 Å². The van der Waals surface area contributed by atoms with Gasteiger partial charge in [0, 0.05) is 0 Å². The maximum absolute atomic E-state index is 11.0. The van der Waals surface area contributed by atoms with Crippen LogP contribution in [-0.2, 0) is 4.79 Å². The number of hydrogen-bond donors (Lipinski definition) is 0. The Labute approximate surface area is 88.1 Å². The Morgan fingerprint density at radius 1 is 1.57 bits per heavy atom. The number of carbonyl (C=O) groups excluding carboxylic acids is 1. The summed E-state index contributed by atoms with van der Waals surface area (Å²) in [6.07, 6.45) is 0. The zero-order valence-corrected chi connectivity index (χ0v) is 8.80. The smallest absolute Gasteiger partial charge is 0.152 e. The molecular formula is C11H10ClNO. The Bertz CT molecular complexity index is 406. The molecular weight excluding hydrogens is 198 g/mol. The highest BCUT2D eigenvalue weighted by Gasteiger charge is 2.13. The predicted molar refractivity (Wildman–Crippen MR) is 55.2 cm³/mol. The van der Waals surface area contributed by atoms with Gasteiger partial charge in [0.1, 0.15) is 5.38 Å². The van der Waals surface area contributed by atoms with E-state index in [1.165, 1.54) is 6.92 Å². The van der Waals surface area contributed by atoms with Crippen molar-refractivity contribution in [3.63, 3.8) is 0 Å². The van der Waals surface area contributed by atoms with Crippen LogP contribution in [0, 0.1) is 18.3 Å². The maximum Gasteiger partial charge on any atom is 0.152 e. The number of nitrogens with zero attached hydrogens (tertiary/aromatic N) is 1. The second-order valence-corrected chi connectivity index (χ2v) is 3.60. The van der Waals surface area contributed by atoms with Crippen molar-refractivity contribution in [2.75, 3.05) is 0 Å². The first-order chi connectivity index (χ1) is 6.56. The van der Waals surface area contributed by atoms with E-state index in [0.29, 0.717) is 11.1 Å². The second-order valence-electron chi connectivity index (χ2n) is 3.16. The van der Waals surface area contributed by atoms with Crippen molar-refractivity contribution in [1.82, 2.24) is 0 Å². The summed E-state index contributed by atoms with van der Waals surface area (Å²) in [7, 11) is 0. The molecule has 0 aliphatic heterocycles. The van der Waals surface area contributed by atoms with Crippen LogP contribution >= 0.6 is 11.6 Å². The molecule has 1 aromatic rings. The second kappa shape index (κ2) is 4.26. The van der Waals surface area contributed by atoms with Gasteiger partial charge in [-0.1, -0.05) is 12.1 Å². The highest BCUT2D eigenvalue weighted by atomic mass is 35.5. The molecule has 1 atom stereocenters. The van der Waals surface area contributed by atoms with E-state index in [1.807, 2.05) is 6.92 Å². The summed E-state index contributed by atoms with van der Waals surface area (Å²) < 4.78 is 0. The van der Waals surface area contributed by atoms with Crippen LogP contribution in [-0.4, -0.2) is 5.78 Å². The Hall–Kier alpha value is -1.33. The van der Waals surface area contributed by atoms with Gasteiger partial charge in [-0.25, -0.2) is 0 Å². The average molecular weight is 208 g/mol. The topological polar surface area (TPSA) is 40.9 Å². The molecule has 14 heavy (non-hydrogen) atoms. The normalized spacial score (nSPS) is 11.9. The molecule has 0 bridgehead atoms. The van der Waals surface area contributed by atoms with E-state index in [4.69, 9.17) is 16.9 Å². The van der Waals surface area contributed by atoms with E-state index in [9.17, 15) is 4.79 Å². The van der Waals surface area contributed by atoms with E-state index in [0.717, 1.165) is 5.56 Å². The van der Waals surface area contributed by atoms with Crippen LogP contribution in [0.2, 0.25) is 0 Å². The quantitative estimate of drug-likeness (QED) is 0.700. The minimum atomic E-state index is -0.650. The van der Waals surface area contributed by atoms with E-state index in [1.54, 1.807) is 18.2 Å². The Balaban J connectivity index is 3.14. The van der Waals surface area contributed by atoms with Crippen molar-refractivity contribution in [3.8, 4) is 6.07 Å². The van der Waals surface area contributed by atoms with Gasteiger partial charge in [0.25, 0.3) is 0 Å². The summed E-state index contributed by atoms with van der Waals surface area (Å²) in [6.45, 7) is 3.28. The molecule has 1 unspecified atom stereocenters. The van der Waals surface area contributed by atoms with Gasteiger partial charge in [0.2, 0.25) is 0 Å². The Kier molecular flexibility index (Phi) is 3.27. The van der Waals surface area contributed by atoms with Gasteiger partial charge in [0.15, 0.2) is 5.78 Å². The summed E-state index contributed by atoms with van der Waals surface area (Å²) in [5, 5.41) is 8.13. The van der Waals surface area contributed by atoms with Gasteiger partial charge in [-0.3, -0.25) is 4.79 Å². The lowest BCUT2D eigenvalue weighted by atomic mass is 10.0. The number of aryl methyl sites for hydroxylation is 1. The Morgan fingerprint density at radius 2 is 2.21 bits per heavy atom. The number of benzene rings is 1. The zero-order chi connectivity index (χ0) is 10.7. The minimum absolute atomic E-state index is 0.112. The zero-order valence-electron chi connectivity index (χ0n) is 8.04. The first kappa shape index (κ1) is 10.7. The lowest BCUT2D eigenvalue weighted by molar-refractivity contribution is -0.116. The third kappa shape index (κ3) is 2.12. The van der Waals surface area contributed by atoms with Crippen LogP contribution in [0.3, 0.4) is 0 Å². The van der Waals surface area contributed by atoms with Crippen molar-refractivity contribution in [3.05, 3.63) is 34.9 Å². The number of carbonyl (C=O) groups is 1. The monoisotopic (exact) mass is 207 g/mol. The van der Waals surface area contributed by atoms with Crippen molar-refractivity contribution in [2.24, 2.45) is 0 Å². The number of ketones is 1. The average Bonchev–Trinajstić information content (AvgIpc) is 2.17. The number of hydrogen-bond acceptors (Lipinski definition) is 2. The van der Waals surface area contributed by atoms with Gasteiger partial charge < -0.3 is 0 Å². The fraction of sp³-hybridized carbons (Fsp3) is 0.273. The summed E-state index contributed by atoms with van der Waals surface area (Å²) in [5.74, 6) is -0.112. The highest BCUT2D eigenvalue weighted by Crippen LogP contribution is 2.23. The number of alkyl halides is 1. The number of Topliss-reactive ketones (excluding diaryl/α,β-unsaturated/α-hetero) is 1. The summed E-state index contributed by atoms with van der Waals surface area (Å²) in [5.41, 5.74) is 2.14. The van der Waals surface area contributed by atoms with Crippen LogP contribution in [0.1, 0.15) is 29.0 Å². The molecule has 0 aliphatic carbocycles. The number of rotatable bonds is 2. The molecule has 0 heterocycles. The SMILES string of the molecule is CC(=O)C(Cl)c1ccc(C)c(C#N)c1. The first-order valence-corrected chi connectivity index (χ1v) is 4.65. The molecule has 0 radical (unpaired) electrons. The lowest BCUT2D eigenvalue weighted by Crippen LogP contribution is -2.02. The summed E-state index contributed by atoms with van der Waals surface area (Å²) in [6, 6.07) is 7.29. The standard InChI is InChI=1S/C11H10ClNO/c1-7-3-4-9(5-10(7)6-13)11(12)8(2)14/h3-5,11H,1-2H3. The molecule has 0 spiro atoms. The predicted octanol–water partition coefficient (Wildman–Crippen LogP) is 2.74. The summed E-state index contributed by atoms with van der Waals surface area (Å²) >= 11 is 5.86. The molecule has 3 heteroatoms. The van der Waals surface area contributed by atoms with Gasteiger partial charge >= 0.3 is 0 Å². The van der Waals surface area contributed by atoms with Gasteiger partial charge in [-0.05, 0) is 31.0 Å². The van der Waals surface area contributed by atoms with Gasteiger partial charge in [-0.15, -0.1) is 11.6 Å². The van der Waals surface area contributed by atoms with Crippen molar-refractivity contribution in [1.29, 1.82) is 5.26 Å². The molecule has 0 N–H and O–H groups in total. The van der Waals surface area contributed by atoms with Crippen LogP contribution in [0.4, 0.5) is 0 Å². The van der Waals surface area contributed by atoms with E-state index in [2.05, 4.69) is 6.07 Å². The van der Waals surface area contributed by atoms with Crippen molar-refractivity contribution in [2.45, 2.75) is 19.2 Å². The minimum Gasteiger partial charge on any atom is -0.298 e. The molecule has 0 saturated carbocycles. The first-order valence-electron chi connectivity index (χ1n) is 4.21. The number of nitriles is 1. The van der Waals surface area contributed by atoms with Gasteiger partial charge in [-0.2, -0.15) is 5.26 Å². The molecule has 2 nitrogen and oxygen atoms in total. The van der Waals surface area contributed by atoms with Crippen molar-refractivity contribution < 1.29 is 4.79 Å². The molecule has 0 aliphatic rings. The molecule has 0 saturated heterocycles. The molecule has 1 rings (SSSR count). The third-order valence-electron chi connectivity index (χ3n) is 2.03. The number of halogens is 1. The highest BCUT2D eigenvalue weighted by molar-refractivity contribution is 6.30. The van der Waals surface area contributed by atoms with Crippen LogP contribution in [0.25, 0.3) is 0 Å². The van der Waals surface area contributed by atoms with Crippen LogP contribution in [0.5, 0.6) is 0 Å². The molecule has 0 amide bonds. The van der Waals surface area contributed by atoms with Gasteiger partial charge in [0.05, 0.1) is 11.6 Å². The lowest BCUT2D eigenvalue weighted by Gasteiger charge is -2.07. The molecule has 0 fully saturated rings. The fourth-order valence-electron chi connectivity index (χ4n) is 1.15. The van der Waals surface area contributed by atoms with Crippen LogP contribution in [0.15, 0.2) is 18.2 Å².